The number of hydrogen-bond donors (Lipinski definition) is 0. The lowest BCUT2D eigenvalue weighted by Crippen LogP contribution is -2.22. The third-order valence-corrected chi connectivity index (χ3v) is 3.94. The summed E-state index contributed by atoms with van der Waals surface area (Å²) in [6.45, 7) is 2.40. The molecule has 1 atom stereocenters. The van der Waals surface area contributed by atoms with Crippen molar-refractivity contribution >= 4 is 10.1 Å². The van der Waals surface area contributed by atoms with Crippen LogP contribution in [0.2, 0.25) is 0 Å². The zero-order chi connectivity index (χ0) is 12.3. The molecule has 1 fully saturated rings. The summed E-state index contributed by atoms with van der Waals surface area (Å²) in [5, 5.41) is 0. The first-order valence-electron chi connectivity index (χ1n) is 5.73. The average Bonchev–Trinajstić information content (AvgIpc) is 2.64. The Morgan fingerprint density at radius 2 is 2.00 bits per heavy atom. The summed E-state index contributed by atoms with van der Waals surface area (Å²) in [4.78, 5) is 2.20. The largest absolute Gasteiger partial charge is 0.748 e. The third-order valence-electron chi connectivity index (χ3n) is 3.06. The minimum atomic E-state index is -4.08. The molecule has 0 spiro atoms. The van der Waals surface area contributed by atoms with Crippen LogP contribution >= 0.6 is 0 Å². The summed E-state index contributed by atoms with van der Waals surface area (Å²) in [5.74, 6) is -0.223. The highest BCUT2D eigenvalue weighted by atomic mass is 32.2. The standard InChI is InChI=1S/C12H17NO3S/c14-17(15,16)10-12-6-7-13(9-12)8-11-4-2-1-3-5-11/h1-5,12H,6-10H2,(H,14,15,16)/p-1. The Kier molecular flexibility index (Phi) is 3.81. The van der Waals surface area contributed by atoms with Crippen molar-refractivity contribution in [3.8, 4) is 0 Å². The quantitative estimate of drug-likeness (QED) is 0.754. The fraction of sp³-hybridized carbons (Fsp3) is 0.500. The van der Waals surface area contributed by atoms with Gasteiger partial charge in [-0.3, -0.25) is 4.90 Å². The number of rotatable bonds is 4. The van der Waals surface area contributed by atoms with Crippen molar-refractivity contribution < 1.29 is 13.0 Å². The maximum absolute atomic E-state index is 10.7. The van der Waals surface area contributed by atoms with Crippen LogP contribution in [0.5, 0.6) is 0 Å². The van der Waals surface area contributed by atoms with Crippen LogP contribution in [0.25, 0.3) is 0 Å². The smallest absolute Gasteiger partial charge is 0.0949 e. The van der Waals surface area contributed by atoms with Crippen molar-refractivity contribution in [1.82, 2.24) is 4.90 Å². The fourth-order valence-electron chi connectivity index (χ4n) is 2.32. The van der Waals surface area contributed by atoms with Gasteiger partial charge in [-0.2, -0.15) is 0 Å². The van der Waals surface area contributed by atoms with Crippen molar-refractivity contribution in [3.05, 3.63) is 35.9 Å². The molecule has 1 aromatic rings. The van der Waals surface area contributed by atoms with E-state index in [1.807, 2.05) is 18.2 Å². The molecule has 1 aliphatic rings. The molecule has 1 aliphatic heterocycles. The third kappa shape index (κ3) is 4.11. The highest BCUT2D eigenvalue weighted by Crippen LogP contribution is 2.19. The van der Waals surface area contributed by atoms with Gasteiger partial charge >= 0.3 is 0 Å². The number of nitrogens with zero attached hydrogens (tertiary/aromatic N) is 1. The molecule has 1 heterocycles. The van der Waals surface area contributed by atoms with Crippen LogP contribution in [-0.2, 0) is 16.7 Å². The minimum absolute atomic E-state index is 0.00112. The number of hydrogen-bond acceptors (Lipinski definition) is 4. The second-order valence-electron chi connectivity index (χ2n) is 4.60. The van der Waals surface area contributed by atoms with E-state index in [9.17, 15) is 13.0 Å². The predicted octanol–water partition coefficient (Wildman–Crippen LogP) is 1.05. The molecule has 0 saturated carbocycles. The lowest BCUT2D eigenvalue weighted by molar-refractivity contribution is 0.319. The summed E-state index contributed by atoms with van der Waals surface area (Å²) in [7, 11) is -4.08. The second-order valence-corrected chi connectivity index (χ2v) is 6.05. The van der Waals surface area contributed by atoms with Gasteiger partial charge in [0, 0.05) is 18.8 Å². The monoisotopic (exact) mass is 254 g/mol. The molecule has 17 heavy (non-hydrogen) atoms. The molecule has 1 aromatic carbocycles. The predicted molar refractivity (Wildman–Crippen MR) is 64.4 cm³/mol. The van der Waals surface area contributed by atoms with Crippen LogP contribution in [-0.4, -0.2) is 36.7 Å². The molecule has 0 N–H and O–H groups in total. The Morgan fingerprint density at radius 3 is 2.65 bits per heavy atom. The zero-order valence-electron chi connectivity index (χ0n) is 9.58. The Balaban J connectivity index is 1.86. The van der Waals surface area contributed by atoms with Crippen molar-refractivity contribution in [2.75, 3.05) is 18.8 Å². The number of benzene rings is 1. The topological polar surface area (TPSA) is 60.4 Å². The van der Waals surface area contributed by atoms with Gasteiger partial charge in [0.15, 0.2) is 0 Å². The molecule has 2 rings (SSSR count). The van der Waals surface area contributed by atoms with Crippen molar-refractivity contribution in [2.45, 2.75) is 13.0 Å². The van der Waals surface area contributed by atoms with Gasteiger partial charge in [-0.05, 0) is 24.4 Å². The molecular weight excluding hydrogens is 238 g/mol. The van der Waals surface area contributed by atoms with Crippen LogP contribution < -0.4 is 0 Å². The van der Waals surface area contributed by atoms with Gasteiger partial charge < -0.3 is 4.55 Å². The molecule has 4 nitrogen and oxygen atoms in total. The summed E-state index contributed by atoms with van der Waals surface area (Å²) < 4.78 is 32.0. The van der Waals surface area contributed by atoms with Gasteiger partial charge in [0.2, 0.25) is 0 Å². The Hall–Kier alpha value is -0.910. The van der Waals surface area contributed by atoms with E-state index in [0.29, 0.717) is 6.54 Å². The SMILES string of the molecule is O=S(=O)([O-])CC1CCN(Cc2ccccc2)C1. The molecular formula is C12H16NO3S-. The van der Waals surface area contributed by atoms with Crippen LogP contribution in [0.15, 0.2) is 30.3 Å². The molecule has 1 saturated heterocycles. The van der Waals surface area contributed by atoms with E-state index in [1.54, 1.807) is 0 Å². The van der Waals surface area contributed by atoms with E-state index in [0.717, 1.165) is 19.5 Å². The second kappa shape index (κ2) is 5.16. The normalized spacial score (nSPS) is 21.8. The molecule has 0 aliphatic carbocycles. The van der Waals surface area contributed by atoms with Crippen LogP contribution in [0.3, 0.4) is 0 Å². The van der Waals surface area contributed by atoms with Gasteiger partial charge in [0.05, 0.1) is 10.1 Å². The lowest BCUT2D eigenvalue weighted by Gasteiger charge is -2.16. The maximum Gasteiger partial charge on any atom is 0.0949 e. The highest BCUT2D eigenvalue weighted by molar-refractivity contribution is 7.85. The van der Waals surface area contributed by atoms with E-state index in [2.05, 4.69) is 17.0 Å². The molecule has 0 radical (unpaired) electrons. The Bertz CT molecular complexity index is 458. The van der Waals surface area contributed by atoms with Gasteiger partial charge in [-0.15, -0.1) is 0 Å². The molecule has 0 amide bonds. The van der Waals surface area contributed by atoms with E-state index in [-0.39, 0.29) is 11.7 Å². The van der Waals surface area contributed by atoms with E-state index in [4.69, 9.17) is 0 Å². The van der Waals surface area contributed by atoms with Crippen LogP contribution in [0.4, 0.5) is 0 Å². The molecule has 5 heteroatoms. The fourth-order valence-corrected chi connectivity index (χ4v) is 3.17. The van der Waals surface area contributed by atoms with Crippen molar-refractivity contribution in [3.63, 3.8) is 0 Å². The van der Waals surface area contributed by atoms with Crippen LogP contribution in [0.1, 0.15) is 12.0 Å². The molecule has 94 valence electrons. The van der Waals surface area contributed by atoms with Crippen molar-refractivity contribution in [1.29, 1.82) is 0 Å². The molecule has 0 aromatic heterocycles. The number of likely N-dealkylation sites (tertiary alicyclic amines) is 1. The first kappa shape index (κ1) is 12.5. The first-order chi connectivity index (χ1) is 8.03. The summed E-state index contributed by atoms with van der Waals surface area (Å²) >= 11 is 0. The first-order valence-corrected chi connectivity index (χ1v) is 7.30. The molecule has 1 unspecified atom stereocenters. The van der Waals surface area contributed by atoms with Gasteiger partial charge in [-0.25, -0.2) is 8.42 Å². The highest BCUT2D eigenvalue weighted by Gasteiger charge is 2.23. The average molecular weight is 254 g/mol. The summed E-state index contributed by atoms with van der Waals surface area (Å²) in [6.07, 6.45) is 0.800. The van der Waals surface area contributed by atoms with E-state index in [1.165, 1.54) is 5.56 Å². The summed E-state index contributed by atoms with van der Waals surface area (Å²) in [5.41, 5.74) is 1.22. The van der Waals surface area contributed by atoms with Crippen LogP contribution in [0, 0.1) is 5.92 Å². The summed E-state index contributed by atoms with van der Waals surface area (Å²) in [6, 6.07) is 10.1. The lowest BCUT2D eigenvalue weighted by atomic mass is 10.2. The van der Waals surface area contributed by atoms with Gasteiger partial charge in [-0.1, -0.05) is 30.3 Å². The Labute approximate surface area is 102 Å². The van der Waals surface area contributed by atoms with E-state index >= 15 is 0 Å². The van der Waals surface area contributed by atoms with Gasteiger partial charge in [0.25, 0.3) is 0 Å². The van der Waals surface area contributed by atoms with E-state index < -0.39 is 10.1 Å². The maximum atomic E-state index is 10.7. The Morgan fingerprint density at radius 1 is 1.29 bits per heavy atom. The molecule has 0 bridgehead atoms. The zero-order valence-corrected chi connectivity index (χ0v) is 10.4. The van der Waals surface area contributed by atoms with Gasteiger partial charge in [0.1, 0.15) is 0 Å². The minimum Gasteiger partial charge on any atom is -0.748 e. The van der Waals surface area contributed by atoms with Crippen molar-refractivity contribution in [2.24, 2.45) is 5.92 Å².